The lowest BCUT2D eigenvalue weighted by Crippen LogP contribution is -2.08. The van der Waals surface area contributed by atoms with Crippen LogP contribution in [0.15, 0.2) is 48.5 Å². The van der Waals surface area contributed by atoms with E-state index in [9.17, 15) is 9.59 Å². The van der Waals surface area contributed by atoms with Crippen LogP contribution in [-0.2, 0) is 0 Å². The summed E-state index contributed by atoms with van der Waals surface area (Å²) >= 11 is 5.72. The number of carboxylic acid groups (broad SMARTS) is 1. The Kier molecular flexibility index (Phi) is 3.82. The minimum Gasteiger partial charge on any atom is -0.478 e. The van der Waals surface area contributed by atoms with Crippen LogP contribution in [0.1, 0.15) is 20.7 Å². The first-order chi connectivity index (χ1) is 9.06. The molecule has 4 nitrogen and oxygen atoms in total. The number of esters is 1. The van der Waals surface area contributed by atoms with Crippen LogP contribution in [0.3, 0.4) is 0 Å². The molecule has 0 heterocycles. The van der Waals surface area contributed by atoms with Gasteiger partial charge >= 0.3 is 11.9 Å². The van der Waals surface area contributed by atoms with Crippen molar-refractivity contribution in [2.75, 3.05) is 0 Å². The van der Waals surface area contributed by atoms with E-state index in [0.717, 1.165) is 0 Å². The van der Waals surface area contributed by atoms with Gasteiger partial charge in [-0.15, -0.1) is 0 Å². The van der Waals surface area contributed by atoms with Gasteiger partial charge in [0, 0.05) is 5.02 Å². The summed E-state index contributed by atoms with van der Waals surface area (Å²) in [6, 6.07) is 11.9. The molecule has 0 aliphatic heterocycles. The third kappa shape index (κ3) is 3.33. The topological polar surface area (TPSA) is 63.6 Å². The van der Waals surface area contributed by atoms with Gasteiger partial charge < -0.3 is 9.84 Å². The highest BCUT2D eigenvalue weighted by molar-refractivity contribution is 6.30. The smallest absolute Gasteiger partial charge is 0.343 e. The van der Waals surface area contributed by atoms with Crippen molar-refractivity contribution in [2.24, 2.45) is 0 Å². The Morgan fingerprint density at radius 1 is 0.895 bits per heavy atom. The molecule has 0 spiro atoms. The SMILES string of the molecule is O=C(O)c1ccc(OC(=O)c2ccc(Cl)cc2)cc1. The molecule has 0 aromatic heterocycles. The molecule has 2 rings (SSSR count). The molecule has 2 aromatic carbocycles. The van der Waals surface area contributed by atoms with Gasteiger partial charge in [0.2, 0.25) is 0 Å². The van der Waals surface area contributed by atoms with E-state index in [1.807, 2.05) is 0 Å². The van der Waals surface area contributed by atoms with Crippen molar-refractivity contribution in [3.8, 4) is 5.75 Å². The highest BCUT2D eigenvalue weighted by atomic mass is 35.5. The second-order valence-corrected chi connectivity index (χ2v) is 4.16. The number of ether oxygens (including phenoxy) is 1. The standard InChI is InChI=1S/C14H9ClO4/c15-11-5-1-10(2-6-11)14(18)19-12-7-3-9(4-8-12)13(16)17/h1-8H,(H,16,17). The highest BCUT2D eigenvalue weighted by Crippen LogP contribution is 2.15. The number of carbonyl (C=O) groups is 2. The Labute approximate surface area is 114 Å². The van der Waals surface area contributed by atoms with Crippen molar-refractivity contribution in [3.63, 3.8) is 0 Å². The van der Waals surface area contributed by atoms with Gasteiger partial charge in [-0.25, -0.2) is 9.59 Å². The van der Waals surface area contributed by atoms with Crippen molar-refractivity contribution >= 4 is 23.5 Å². The fourth-order valence-corrected chi connectivity index (χ4v) is 1.54. The van der Waals surface area contributed by atoms with E-state index in [0.29, 0.717) is 10.6 Å². The fourth-order valence-electron chi connectivity index (χ4n) is 1.42. The van der Waals surface area contributed by atoms with Crippen LogP contribution in [0.5, 0.6) is 5.75 Å². The van der Waals surface area contributed by atoms with Crippen LogP contribution >= 0.6 is 11.6 Å². The summed E-state index contributed by atoms with van der Waals surface area (Å²) in [7, 11) is 0. The molecular weight excluding hydrogens is 268 g/mol. The minimum absolute atomic E-state index is 0.131. The monoisotopic (exact) mass is 276 g/mol. The molecule has 1 N–H and O–H groups in total. The van der Waals surface area contributed by atoms with Gasteiger partial charge in [-0.1, -0.05) is 11.6 Å². The van der Waals surface area contributed by atoms with Crippen molar-refractivity contribution in [1.82, 2.24) is 0 Å². The minimum atomic E-state index is -1.03. The highest BCUT2D eigenvalue weighted by Gasteiger charge is 2.09. The number of carboxylic acids is 1. The van der Waals surface area contributed by atoms with Gasteiger partial charge in [0.05, 0.1) is 11.1 Å². The average molecular weight is 277 g/mol. The van der Waals surface area contributed by atoms with Gasteiger partial charge in [-0.2, -0.15) is 0 Å². The Bertz CT molecular complexity index is 602. The Morgan fingerprint density at radius 3 is 1.95 bits per heavy atom. The van der Waals surface area contributed by atoms with E-state index < -0.39 is 11.9 Å². The summed E-state index contributed by atoms with van der Waals surface area (Å²) in [5.74, 6) is -1.28. The van der Waals surface area contributed by atoms with Crippen molar-refractivity contribution in [2.45, 2.75) is 0 Å². The normalized spacial score (nSPS) is 9.95. The summed E-state index contributed by atoms with van der Waals surface area (Å²) in [6.07, 6.45) is 0. The van der Waals surface area contributed by atoms with E-state index in [1.165, 1.54) is 24.3 Å². The van der Waals surface area contributed by atoms with E-state index in [4.69, 9.17) is 21.4 Å². The van der Waals surface area contributed by atoms with Crippen LogP contribution in [0, 0.1) is 0 Å². The maximum absolute atomic E-state index is 11.8. The van der Waals surface area contributed by atoms with Gasteiger partial charge in [0.25, 0.3) is 0 Å². The molecule has 0 saturated heterocycles. The molecule has 96 valence electrons. The summed E-state index contributed by atoms with van der Waals surface area (Å²) in [4.78, 5) is 22.4. The predicted octanol–water partition coefficient (Wildman–Crippen LogP) is 3.26. The third-order valence-corrected chi connectivity index (χ3v) is 2.64. The summed E-state index contributed by atoms with van der Waals surface area (Å²) in [5, 5.41) is 9.27. The summed E-state index contributed by atoms with van der Waals surface area (Å²) in [6.45, 7) is 0. The largest absolute Gasteiger partial charge is 0.478 e. The zero-order valence-electron chi connectivity index (χ0n) is 9.67. The molecule has 0 aliphatic rings. The molecule has 0 aliphatic carbocycles. The van der Waals surface area contributed by atoms with Gasteiger partial charge in [-0.05, 0) is 48.5 Å². The second kappa shape index (κ2) is 5.54. The number of rotatable bonds is 3. The lowest BCUT2D eigenvalue weighted by Gasteiger charge is -2.04. The molecule has 0 saturated carbocycles. The van der Waals surface area contributed by atoms with E-state index in [1.54, 1.807) is 24.3 Å². The zero-order chi connectivity index (χ0) is 13.8. The third-order valence-electron chi connectivity index (χ3n) is 2.39. The number of aromatic carboxylic acids is 1. The van der Waals surface area contributed by atoms with Crippen molar-refractivity contribution in [3.05, 3.63) is 64.7 Å². The fraction of sp³-hybridized carbons (Fsp3) is 0. The first-order valence-corrected chi connectivity index (χ1v) is 5.75. The molecule has 5 heteroatoms. The number of hydrogen-bond donors (Lipinski definition) is 1. The lowest BCUT2D eigenvalue weighted by molar-refractivity contribution is 0.0696. The van der Waals surface area contributed by atoms with E-state index >= 15 is 0 Å². The van der Waals surface area contributed by atoms with Crippen LogP contribution in [0.4, 0.5) is 0 Å². The summed E-state index contributed by atoms with van der Waals surface area (Å²) in [5.41, 5.74) is 0.498. The molecular formula is C14H9ClO4. The quantitative estimate of drug-likeness (QED) is 0.690. The Balaban J connectivity index is 2.10. The summed E-state index contributed by atoms with van der Waals surface area (Å²) < 4.78 is 5.10. The first-order valence-electron chi connectivity index (χ1n) is 5.37. The zero-order valence-corrected chi connectivity index (χ0v) is 10.4. The number of carbonyl (C=O) groups excluding carboxylic acids is 1. The molecule has 0 unspecified atom stereocenters. The maximum Gasteiger partial charge on any atom is 0.343 e. The van der Waals surface area contributed by atoms with E-state index in [-0.39, 0.29) is 11.3 Å². The lowest BCUT2D eigenvalue weighted by atomic mass is 10.2. The van der Waals surface area contributed by atoms with Crippen LogP contribution in [0.25, 0.3) is 0 Å². The average Bonchev–Trinajstić information content (AvgIpc) is 2.40. The maximum atomic E-state index is 11.8. The Hall–Kier alpha value is -2.33. The molecule has 2 aromatic rings. The second-order valence-electron chi connectivity index (χ2n) is 3.73. The Morgan fingerprint density at radius 2 is 1.42 bits per heavy atom. The van der Waals surface area contributed by atoms with Gasteiger partial charge in [0.1, 0.15) is 5.75 Å². The van der Waals surface area contributed by atoms with Crippen LogP contribution < -0.4 is 4.74 Å². The predicted molar refractivity (Wildman–Crippen MR) is 69.8 cm³/mol. The van der Waals surface area contributed by atoms with Crippen molar-refractivity contribution < 1.29 is 19.4 Å². The van der Waals surface area contributed by atoms with Crippen molar-refractivity contribution in [1.29, 1.82) is 0 Å². The van der Waals surface area contributed by atoms with E-state index in [2.05, 4.69) is 0 Å². The number of benzene rings is 2. The molecule has 0 amide bonds. The molecule has 0 fully saturated rings. The molecule has 19 heavy (non-hydrogen) atoms. The molecule has 0 atom stereocenters. The molecule has 0 radical (unpaired) electrons. The van der Waals surface area contributed by atoms with Crippen LogP contribution in [0.2, 0.25) is 5.02 Å². The van der Waals surface area contributed by atoms with Crippen LogP contribution in [-0.4, -0.2) is 17.0 Å². The number of hydrogen-bond acceptors (Lipinski definition) is 3. The van der Waals surface area contributed by atoms with Gasteiger partial charge in [0.15, 0.2) is 0 Å². The first kappa shape index (κ1) is 13.1. The molecule has 0 bridgehead atoms. The number of halogens is 1. The van der Waals surface area contributed by atoms with Gasteiger partial charge in [-0.3, -0.25) is 0 Å².